The number of amides is 1. The highest BCUT2D eigenvalue weighted by Crippen LogP contribution is 2.24. The quantitative estimate of drug-likeness (QED) is 0.730. The van der Waals surface area contributed by atoms with Gasteiger partial charge in [0.2, 0.25) is 5.91 Å². The second-order valence-corrected chi connectivity index (χ2v) is 5.46. The molecule has 1 aromatic heterocycles. The predicted molar refractivity (Wildman–Crippen MR) is 89.8 cm³/mol. The highest BCUT2D eigenvalue weighted by Gasteiger charge is 2.11. The molecule has 0 radical (unpaired) electrons. The number of halogens is 3. The summed E-state index contributed by atoms with van der Waals surface area (Å²) in [5.74, 6) is -1.72. The zero-order valence-corrected chi connectivity index (χ0v) is 13.5. The van der Waals surface area contributed by atoms with Gasteiger partial charge in [0.1, 0.15) is 24.3 Å². The van der Waals surface area contributed by atoms with Crippen LogP contribution in [0, 0.1) is 11.6 Å². The Morgan fingerprint density at radius 3 is 2.76 bits per heavy atom. The highest BCUT2D eigenvalue weighted by atomic mass is 35.5. The van der Waals surface area contributed by atoms with Crippen LogP contribution >= 0.6 is 11.6 Å². The average molecular weight is 364 g/mol. The largest absolute Gasteiger partial charge is 0.374 e. The molecule has 128 valence electrons. The smallest absolute Gasteiger partial charge is 0.243 e. The van der Waals surface area contributed by atoms with Crippen molar-refractivity contribution >= 4 is 28.9 Å². The zero-order valence-electron chi connectivity index (χ0n) is 12.7. The lowest BCUT2D eigenvalue weighted by atomic mass is 10.2. The van der Waals surface area contributed by atoms with E-state index in [1.807, 2.05) is 0 Å². The minimum atomic E-state index is -0.653. The van der Waals surface area contributed by atoms with Crippen LogP contribution in [0.15, 0.2) is 49.1 Å². The Hall–Kier alpha value is -3.00. The average Bonchev–Trinajstić information content (AvgIpc) is 3.10. The van der Waals surface area contributed by atoms with Crippen LogP contribution in [-0.2, 0) is 4.79 Å². The molecule has 0 aliphatic rings. The van der Waals surface area contributed by atoms with E-state index in [-0.39, 0.29) is 12.2 Å². The number of nitrogens with zero attached hydrogens (tertiary/aromatic N) is 3. The maximum Gasteiger partial charge on any atom is 0.243 e. The van der Waals surface area contributed by atoms with Crippen molar-refractivity contribution in [2.45, 2.75) is 0 Å². The molecule has 6 nitrogen and oxygen atoms in total. The molecule has 2 N–H and O–H groups in total. The number of hydrogen-bond donors (Lipinski definition) is 2. The van der Waals surface area contributed by atoms with Crippen LogP contribution in [0.5, 0.6) is 0 Å². The maximum absolute atomic E-state index is 13.6. The summed E-state index contributed by atoms with van der Waals surface area (Å²) in [7, 11) is 0. The molecule has 3 rings (SSSR count). The number of carbonyl (C=O) groups excluding carboxylic acids is 1. The monoisotopic (exact) mass is 363 g/mol. The van der Waals surface area contributed by atoms with Crippen molar-refractivity contribution in [1.29, 1.82) is 0 Å². The molecule has 1 heterocycles. The van der Waals surface area contributed by atoms with E-state index in [1.54, 1.807) is 18.2 Å². The summed E-state index contributed by atoms with van der Waals surface area (Å²) in [5.41, 5.74) is 0.870. The summed E-state index contributed by atoms with van der Waals surface area (Å²) < 4.78 is 28.2. The van der Waals surface area contributed by atoms with Gasteiger partial charge in [-0.15, -0.1) is 0 Å². The second-order valence-electron chi connectivity index (χ2n) is 5.03. The number of anilines is 2. The van der Waals surface area contributed by atoms with Crippen molar-refractivity contribution in [3.63, 3.8) is 0 Å². The standard InChI is InChI=1S/C16H12ClF2N5O/c17-10-1-4-15(24-9-20-8-22-24)14(5-10)23-16(25)7-21-13-6-11(18)2-3-12(13)19/h1-6,8-9,21H,7H2,(H,23,25). The lowest BCUT2D eigenvalue weighted by molar-refractivity contribution is -0.114. The Bertz CT molecular complexity index is 902. The van der Waals surface area contributed by atoms with E-state index in [0.717, 1.165) is 18.2 Å². The highest BCUT2D eigenvalue weighted by molar-refractivity contribution is 6.31. The van der Waals surface area contributed by atoms with Crippen LogP contribution in [-0.4, -0.2) is 27.2 Å². The Labute approximate surface area is 146 Å². The van der Waals surface area contributed by atoms with Gasteiger partial charge < -0.3 is 10.6 Å². The van der Waals surface area contributed by atoms with Gasteiger partial charge in [-0.05, 0) is 36.4 Å². The third-order valence-electron chi connectivity index (χ3n) is 3.27. The molecule has 0 unspecified atom stereocenters. The van der Waals surface area contributed by atoms with Crippen LogP contribution in [0.2, 0.25) is 5.02 Å². The van der Waals surface area contributed by atoms with Gasteiger partial charge in [-0.3, -0.25) is 4.79 Å². The molecule has 0 saturated carbocycles. The predicted octanol–water partition coefficient (Wildman–Crippen LogP) is 3.25. The summed E-state index contributed by atoms with van der Waals surface area (Å²) in [6.45, 7) is -0.260. The minimum Gasteiger partial charge on any atom is -0.374 e. The molecule has 1 amide bonds. The molecule has 9 heteroatoms. The summed E-state index contributed by atoms with van der Waals surface area (Å²) in [6, 6.07) is 7.83. The minimum absolute atomic E-state index is 0.0993. The Kier molecular flexibility index (Phi) is 4.90. The third kappa shape index (κ3) is 4.10. The van der Waals surface area contributed by atoms with Gasteiger partial charge in [-0.25, -0.2) is 18.4 Å². The first kappa shape index (κ1) is 16.8. The van der Waals surface area contributed by atoms with Crippen LogP contribution in [0.1, 0.15) is 0 Å². The molecule has 0 saturated heterocycles. The van der Waals surface area contributed by atoms with Crippen molar-refractivity contribution in [3.05, 3.63) is 65.7 Å². The fourth-order valence-corrected chi connectivity index (χ4v) is 2.32. The lowest BCUT2D eigenvalue weighted by Crippen LogP contribution is -2.23. The lowest BCUT2D eigenvalue weighted by Gasteiger charge is -2.12. The third-order valence-corrected chi connectivity index (χ3v) is 3.50. The van der Waals surface area contributed by atoms with E-state index in [9.17, 15) is 13.6 Å². The summed E-state index contributed by atoms with van der Waals surface area (Å²) >= 11 is 5.97. The van der Waals surface area contributed by atoms with Gasteiger partial charge in [0.05, 0.1) is 23.6 Å². The molecule has 0 aliphatic heterocycles. The van der Waals surface area contributed by atoms with Crippen molar-refractivity contribution < 1.29 is 13.6 Å². The van der Waals surface area contributed by atoms with Gasteiger partial charge in [0.25, 0.3) is 0 Å². The topological polar surface area (TPSA) is 71.8 Å². The van der Waals surface area contributed by atoms with E-state index in [1.165, 1.54) is 17.3 Å². The molecule has 3 aromatic rings. The first-order chi connectivity index (χ1) is 12.0. The SMILES string of the molecule is O=C(CNc1cc(F)ccc1F)Nc1cc(Cl)ccc1-n1cncn1. The van der Waals surface area contributed by atoms with Crippen LogP contribution in [0.25, 0.3) is 5.69 Å². The van der Waals surface area contributed by atoms with E-state index in [4.69, 9.17) is 11.6 Å². The van der Waals surface area contributed by atoms with E-state index < -0.39 is 17.5 Å². The molecular formula is C16H12ClF2N5O. The summed E-state index contributed by atoms with van der Waals surface area (Å²) in [6.07, 6.45) is 2.83. The number of aromatic nitrogens is 3. The molecular weight excluding hydrogens is 352 g/mol. The van der Waals surface area contributed by atoms with E-state index in [2.05, 4.69) is 20.7 Å². The van der Waals surface area contributed by atoms with Crippen LogP contribution in [0.3, 0.4) is 0 Å². The van der Waals surface area contributed by atoms with Crippen molar-refractivity contribution in [2.24, 2.45) is 0 Å². The van der Waals surface area contributed by atoms with Gasteiger partial charge in [-0.2, -0.15) is 5.10 Å². The van der Waals surface area contributed by atoms with Gasteiger partial charge in [0.15, 0.2) is 0 Å². The first-order valence-corrected chi connectivity index (χ1v) is 7.54. The first-order valence-electron chi connectivity index (χ1n) is 7.16. The molecule has 0 atom stereocenters. The van der Waals surface area contributed by atoms with Crippen molar-refractivity contribution in [2.75, 3.05) is 17.2 Å². The molecule has 0 spiro atoms. The molecule has 25 heavy (non-hydrogen) atoms. The fraction of sp³-hybridized carbons (Fsp3) is 0.0625. The Balaban J connectivity index is 1.73. The number of carbonyl (C=O) groups is 1. The molecule has 2 aromatic carbocycles. The molecule has 0 fully saturated rings. The number of benzene rings is 2. The normalized spacial score (nSPS) is 10.5. The Morgan fingerprint density at radius 2 is 2.00 bits per heavy atom. The maximum atomic E-state index is 13.6. The number of nitrogens with one attached hydrogen (secondary N) is 2. The number of hydrogen-bond acceptors (Lipinski definition) is 4. The van der Waals surface area contributed by atoms with Crippen molar-refractivity contribution in [1.82, 2.24) is 14.8 Å². The van der Waals surface area contributed by atoms with Gasteiger partial charge >= 0.3 is 0 Å². The summed E-state index contributed by atoms with van der Waals surface area (Å²) in [4.78, 5) is 16.0. The van der Waals surface area contributed by atoms with E-state index >= 15 is 0 Å². The van der Waals surface area contributed by atoms with Gasteiger partial charge in [-0.1, -0.05) is 11.6 Å². The van der Waals surface area contributed by atoms with Crippen molar-refractivity contribution in [3.8, 4) is 5.69 Å². The van der Waals surface area contributed by atoms with Crippen LogP contribution in [0.4, 0.5) is 20.2 Å². The summed E-state index contributed by atoms with van der Waals surface area (Å²) in [5, 5.41) is 9.62. The molecule has 0 aliphatic carbocycles. The fourth-order valence-electron chi connectivity index (χ4n) is 2.14. The zero-order chi connectivity index (χ0) is 17.8. The second kappa shape index (κ2) is 7.27. The molecule has 0 bridgehead atoms. The van der Waals surface area contributed by atoms with Gasteiger partial charge in [0, 0.05) is 5.02 Å². The Morgan fingerprint density at radius 1 is 1.16 bits per heavy atom. The van der Waals surface area contributed by atoms with E-state index in [0.29, 0.717) is 16.4 Å². The number of rotatable bonds is 5. The van der Waals surface area contributed by atoms with Crippen LogP contribution < -0.4 is 10.6 Å².